The molecule has 4 heterocycles. The highest BCUT2D eigenvalue weighted by atomic mass is 16.6. The van der Waals surface area contributed by atoms with Crippen LogP contribution >= 0.6 is 0 Å². The predicted molar refractivity (Wildman–Crippen MR) is 125 cm³/mol. The van der Waals surface area contributed by atoms with Crippen LogP contribution in [0.2, 0.25) is 0 Å². The number of nitrogens with zero attached hydrogens (tertiary/aromatic N) is 4. The van der Waals surface area contributed by atoms with E-state index in [1.807, 2.05) is 0 Å². The molecule has 4 saturated heterocycles. The third-order valence-corrected chi connectivity index (χ3v) is 8.35. The topological polar surface area (TPSA) is 22.2 Å². The smallest absolute Gasteiger partial charge is 0.136 e. The summed E-state index contributed by atoms with van der Waals surface area (Å²) in [5.41, 5.74) is 5.34. The van der Waals surface area contributed by atoms with Crippen LogP contribution in [-0.2, 0) is 15.8 Å². The second-order valence-corrected chi connectivity index (χ2v) is 10.2. The van der Waals surface area contributed by atoms with Crippen molar-refractivity contribution in [1.82, 2.24) is 9.80 Å². The van der Waals surface area contributed by atoms with Gasteiger partial charge in [0.1, 0.15) is 12.5 Å². The van der Waals surface area contributed by atoms with Crippen molar-refractivity contribution in [2.24, 2.45) is 0 Å². The molecule has 0 spiro atoms. The molecule has 2 aromatic carbocycles. The molecule has 5 heteroatoms. The van der Waals surface area contributed by atoms with E-state index in [0.29, 0.717) is 0 Å². The molecule has 2 bridgehead atoms. The number of anilines is 2. The van der Waals surface area contributed by atoms with E-state index >= 15 is 0 Å². The van der Waals surface area contributed by atoms with Crippen LogP contribution in [0, 0.1) is 0 Å². The van der Waals surface area contributed by atoms with E-state index in [2.05, 4.69) is 96.3 Å². The second kappa shape index (κ2) is 6.71. The summed E-state index contributed by atoms with van der Waals surface area (Å²) in [7, 11) is 8.43. The van der Waals surface area contributed by atoms with E-state index < -0.39 is 0 Å². The van der Waals surface area contributed by atoms with Crippen LogP contribution in [0.3, 0.4) is 0 Å². The lowest BCUT2D eigenvalue weighted by atomic mass is 9.77. The Bertz CT molecular complexity index is 892. The zero-order valence-electron chi connectivity index (χ0n) is 19.2. The van der Waals surface area contributed by atoms with Gasteiger partial charge in [0.05, 0.1) is 11.1 Å². The summed E-state index contributed by atoms with van der Waals surface area (Å²) >= 11 is 0. The zero-order valence-corrected chi connectivity index (χ0v) is 19.2. The fourth-order valence-corrected chi connectivity index (χ4v) is 6.92. The highest BCUT2D eigenvalue weighted by Gasteiger charge is 2.73. The van der Waals surface area contributed by atoms with Gasteiger partial charge in [-0.3, -0.25) is 9.80 Å². The number of hydrogen-bond donors (Lipinski definition) is 0. The molecule has 0 aromatic heterocycles. The monoisotopic (exact) mass is 418 g/mol. The van der Waals surface area contributed by atoms with Crippen molar-refractivity contribution in [3.63, 3.8) is 0 Å². The second-order valence-electron chi connectivity index (χ2n) is 10.2. The number of benzene rings is 2. The van der Waals surface area contributed by atoms with Crippen LogP contribution in [-0.4, -0.2) is 63.5 Å². The number of fused-ring (bicyclic) bond motifs is 8. The van der Waals surface area contributed by atoms with E-state index in [9.17, 15) is 0 Å². The molecule has 5 nitrogen and oxygen atoms in total. The van der Waals surface area contributed by atoms with Gasteiger partial charge in [-0.15, -0.1) is 0 Å². The maximum Gasteiger partial charge on any atom is 0.136 e. The van der Waals surface area contributed by atoms with Gasteiger partial charge < -0.3 is 14.5 Å². The fourth-order valence-electron chi connectivity index (χ4n) is 6.92. The quantitative estimate of drug-likeness (QED) is 0.703. The van der Waals surface area contributed by atoms with Crippen LogP contribution < -0.4 is 9.80 Å². The zero-order chi connectivity index (χ0) is 21.4. The Kier molecular flexibility index (Phi) is 4.24. The Morgan fingerprint density at radius 3 is 1.42 bits per heavy atom. The Labute approximate surface area is 186 Å². The van der Waals surface area contributed by atoms with Gasteiger partial charge in [0.15, 0.2) is 0 Å². The van der Waals surface area contributed by atoms with Gasteiger partial charge in [-0.2, -0.15) is 0 Å². The van der Waals surface area contributed by atoms with Crippen molar-refractivity contribution in [1.29, 1.82) is 0 Å². The molecular weight excluding hydrogens is 384 g/mol. The van der Waals surface area contributed by atoms with Crippen LogP contribution in [0.25, 0.3) is 0 Å². The lowest BCUT2D eigenvalue weighted by molar-refractivity contribution is -0.0546. The van der Waals surface area contributed by atoms with Gasteiger partial charge in [-0.25, -0.2) is 0 Å². The normalized spacial score (nSPS) is 34.2. The van der Waals surface area contributed by atoms with Crippen LogP contribution in [0.15, 0.2) is 48.5 Å². The van der Waals surface area contributed by atoms with Gasteiger partial charge in [-0.1, -0.05) is 24.3 Å². The maximum atomic E-state index is 6.91. The van der Waals surface area contributed by atoms with Crippen LogP contribution in [0.4, 0.5) is 11.4 Å². The Hall–Kier alpha value is -2.08. The molecule has 6 rings (SSSR count). The largest absolute Gasteiger partial charge is 0.378 e. The van der Waals surface area contributed by atoms with Crippen LogP contribution in [0.5, 0.6) is 0 Å². The van der Waals surface area contributed by atoms with E-state index in [4.69, 9.17) is 4.74 Å². The molecule has 4 fully saturated rings. The first-order valence-electron chi connectivity index (χ1n) is 11.7. The van der Waals surface area contributed by atoms with Crippen molar-refractivity contribution in [2.45, 2.75) is 49.2 Å². The van der Waals surface area contributed by atoms with Crippen molar-refractivity contribution in [3.05, 3.63) is 59.7 Å². The molecule has 2 aromatic rings. The third-order valence-electron chi connectivity index (χ3n) is 8.35. The molecule has 164 valence electrons. The number of hydrogen-bond acceptors (Lipinski definition) is 5. The number of rotatable bonds is 4. The molecule has 4 aliphatic heterocycles. The number of piperazine rings is 1. The average Bonchev–Trinajstić information content (AvgIpc) is 3.51. The Morgan fingerprint density at radius 1 is 0.677 bits per heavy atom. The van der Waals surface area contributed by atoms with Crippen LogP contribution in [0.1, 0.15) is 36.8 Å². The van der Waals surface area contributed by atoms with Gasteiger partial charge in [0.25, 0.3) is 0 Å². The van der Waals surface area contributed by atoms with Crippen molar-refractivity contribution >= 4 is 11.4 Å². The number of ether oxygens (including phenoxy) is 1. The van der Waals surface area contributed by atoms with Crippen molar-refractivity contribution < 1.29 is 4.74 Å². The highest BCUT2D eigenvalue weighted by molar-refractivity contribution is 5.50. The Balaban J connectivity index is 1.42. The minimum Gasteiger partial charge on any atom is -0.378 e. The Morgan fingerprint density at radius 2 is 1.06 bits per heavy atom. The summed E-state index contributed by atoms with van der Waals surface area (Å²) in [5, 5.41) is 0. The molecule has 4 aliphatic rings. The summed E-state index contributed by atoms with van der Waals surface area (Å²) in [6.07, 6.45) is 5.14. The molecular formula is C26H34N4O. The molecule has 4 atom stereocenters. The fraction of sp³-hybridized carbons (Fsp3) is 0.538. The first kappa shape index (κ1) is 19.6. The predicted octanol–water partition coefficient (Wildman–Crippen LogP) is 3.80. The maximum absolute atomic E-state index is 6.91. The molecule has 0 N–H and O–H groups in total. The minimum absolute atomic E-state index is 0.00702. The third kappa shape index (κ3) is 2.43. The van der Waals surface area contributed by atoms with E-state index in [-0.39, 0.29) is 23.5 Å². The molecule has 0 amide bonds. The lowest BCUT2D eigenvalue weighted by Crippen LogP contribution is -2.64. The van der Waals surface area contributed by atoms with Gasteiger partial charge in [0.2, 0.25) is 0 Å². The lowest BCUT2D eigenvalue weighted by Gasteiger charge is -2.51. The van der Waals surface area contributed by atoms with E-state index in [1.165, 1.54) is 48.2 Å². The molecule has 31 heavy (non-hydrogen) atoms. The highest BCUT2D eigenvalue weighted by Crippen LogP contribution is 2.64. The summed E-state index contributed by atoms with van der Waals surface area (Å²) < 4.78 is 6.91. The van der Waals surface area contributed by atoms with Gasteiger partial charge in [0, 0.05) is 52.7 Å². The molecule has 0 aliphatic carbocycles. The summed E-state index contributed by atoms with van der Waals surface area (Å²) in [5.74, 6) is 0. The van der Waals surface area contributed by atoms with Crippen molar-refractivity contribution in [3.8, 4) is 0 Å². The summed E-state index contributed by atoms with van der Waals surface area (Å²) in [6, 6.07) is 18.5. The first-order chi connectivity index (χ1) is 15.0. The summed E-state index contributed by atoms with van der Waals surface area (Å²) in [4.78, 5) is 9.80. The van der Waals surface area contributed by atoms with E-state index in [0.717, 1.165) is 13.1 Å². The molecule has 0 unspecified atom stereocenters. The molecule has 0 saturated carbocycles. The SMILES string of the molecule is CN(C)c1ccc([C@@]23CCCN2[C@@H]2O[C@H]3N3CCC[C@@]23c2ccc(N(C)C)cc2)cc1. The first-order valence-corrected chi connectivity index (χ1v) is 11.7. The standard InChI is InChI=1S/C26H34N4O/c1-27(2)21-11-7-19(8-12-21)25-15-5-17-29(25)24-26(16-6-18-30(26)23(25)31-24)20-9-13-22(14-10-20)28(3)4/h7-14,23-24H,5-6,15-18H2,1-4H3/t23-,24-,25-,26-/m1/s1. The molecule has 0 radical (unpaired) electrons. The minimum atomic E-state index is -0.00702. The van der Waals surface area contributed by atoms with Gasteiger partial charge in [-0.05, 0) is 61.1 Å². The van der Waals surface area contributed by atoms with E-state index in [1.54, 1.807) is 0 Å². The van der Waals surface area contributed by atoms with Gasteiger partial charge >= 0.3 is 0 Å². The van der Waals surface area contributed by atoms with Crippen molar-refractivity contribution in [2.75, 3.05) is 51.1 Å². The average molecular weight is 419 g/mol. The summed E-state index contributed by atoms with van der Waals surface area (Å²) in [6.45, 7) is 2.25.